The molecular weight excluding hydrogens is 250 g/mol. The van der Waals surface area contributed by atoms with Gasteiger partial charge >= 0.3 is 0 Å². The number of benzene rings is 1. The van der Waals surface area contributed by atoms with Gasteiger partial charge in [0, 0.05) is 18.4 Å². The topological polar surface area (TPSA) is 57.8 Å². The summed E-state index contributed by atoms with van der Waals surface area (Å²) in [6.45, 7) is 4.60. The maximum Gasteiger partial charge on any atom is 0.269 e. The van der Waals surface area contributed by atoms with Crippen molar-refractivity contribution in [3.63, 3.8) is 0 Å². The first-order valence-electron chi connectivity index (χ1n) is 6.64. The Morgan fingerprint density at radius 2 is 2.00 bits per heavy atom. The van der Waals surface area contributed by atoms with Crippen LogP contribution in [0.15, 0.2) is 36.5 Å². The van der Waals surface area contributed by atoms with E-state index in [9.17, 15) is 4.79 Å². The standard InChI is InChI=1S/C16H17N3O/c1-3-9-18-16(20)15-13(11-17)8-10-19(15)14-6-4-12(2)5-7-14/h4-8,10H,3,9H2,1-2H3,(H,18,20). The van der Waals surface area contributed by atoms with Crippen LogP contribution < -0.4 is 5.32 Å². The second-order valence-corrected chi connectivity index (χ2v) is 4.65. The molecule has 102 valence electrons. The molecule has 2 aromatic rings. The van der Waals surface area contributed by atoms with E-state index in [0.29, 0.717) is 17.8 Å². The Balaban J connectivity index is 2.44. The summed E-state index contributed by atoms with van der Waals surface area (Å²) in [4.78, 5) is 12.2. The van der Waals surface area contributed by atoms with Crippen LogP contribution in [0.3, 0.4) is 0 Å². The first-order valence-corrected chi connectivity index (χ1v) is 6.64. The maximum atomic E-state index is 12.2. The largest absolute Gasteiger partial charge is 0.351 e. The van der Waals surface area contributed by atoms with E-state index in [4.69, 9.17) is 5.26 Å². The maximum absolute atomic E-state index is 12.2. The smallest absolute Gasteiger partial charge is 0.269 e. The predicted molar refractivity (Wildman–Crippen MR) is 77.8 cm³/mol. The summed E-state index contributed by atoms with van der Waals surface area (Å²) in [6.07, 6.45) is 2.61. The molecule has 0 spiro atoms. The summed E-state index contributed by atoms with van der Waals surface area (Å²) in [5.41, 5.74) is 2.81. The van der Waals surface area contributed by atoms with Gasteiger partial charge in [-0.15, -0.1) is 0 Å². The third-order valence-electron chi connectivity index (χ3n) is 3.07. The highest BCUT2D eigenvalue weighted by Crippen LogP contribution is 2.17. The van der Waals surface area contributed by atoms with Crippen LogP contribution >= 0.6 is 0 Å². The van der Waals surface area contributed by atoms with Crippen molar-refractivity contribution < 1.29 is 4.79 Å². The molecule has 0 aliphatic heterocycles. The van der Waals surface area contributed by atoms with Gasteiger partial charge < -0.3 is 9.88 Å². The fraction of sp³-hybridized carbons (Fsp3) is 0.250. The minimum absolute atomic E-state index is 0.214. The highest BCUT2D eigenvalue weighted by Gasteiger charge is 2.17. The van der Waals surface area contributed by atoms with Gasteiger partial charge in [-0.25, -0.2) is 0 Å². The number of amides is 1. The molecule has 0 unspecified atom stereocenters. The lowest BCUT2D eigenvalue weighted by atomic mass is 10.2. The van der Waals surface area contributed by atoms with Gasteiger partial charge in [-0.05, 0) is 31.5 Å². The lowest BCUT2D eigenvalue weighted by Crippen LogP contribution is -2.27. The first kappa shape index (κ1) is 13.9. The molecule has 4 heteroatoms. The first-order chi connectivity index (χ1) is 9.67. The van der Waals surface area contributed by atoms with Crippen LogP contribution in [0.5, 0.6) is 0 Å². The lowest BCUT2D eigenvalue weighted by molar-refractivity contribution is 0.0946. The molecular formula is C16H17N3O. The number of aromatic nitrogens is 1. The van der Waals surface area contributed by atoms with Crippen LogP contribution in [0, 0.1) is 18.3 Å². The van der Waals surface area contributed by atoms with E-state index in [2.05, 4.69) is 11.4 Å². The fourth-order valence-corrected chi connectivity index (χ4v) is 2.00. The molecule has 1 N–H and O–H groups in total. The minimum Gasteiger partial charge on any atom is -0.351 e. The quantitative estimate of drug-likeness (QED) is 0.926. The normalized spacial score (nSPS) is 10.1. The van der Waals surface area contributed by atoms with E-state index in [1.807, 2.05) is 38.1 Å². The molecule has 4 nitrogen and oxygen atoms in total. The molecule has 0 saturated carbocycles. The van der Waals surface area contributed by atoms with Crippen molar-refractivity contribution in [3.05, 3.63) is 53.3 Å². The van der Waals surface area contributed by atoms with Crippen LogP contribution in [-0.4, -0.2) is 17.0 Å². The van der Waals surface area contributed by atoms with Crippen LogP contribution in [0.1, 0.15) is 35.0 Å². The van der Waals surface area contributed by atoms with E-state index < -0.39 is 0 Å². The molecule has 1 aromatic heterocycles. The molecule has 0 aliphatic carbocycles. The Labute approximate surface area is 118 Å². The second-order valence-electron chi connectivity index (χ2n) is 4.65. The third kappa shape index (κ3) is 2.72. The average Bonchev–Trinajstić information content (AvgIpc) is 2.89. The zero-order valence-corrected chi connectivity index (χ0v) is 11.7. The van der Waals surface area contributed by atoms with Crippen LogP contribution in [-0.2, 0) is 0 Å². The molecule has 0 bridgehead atoms. The van der Waals surface area contributed by atoms with E-state index in [-0.39, 0.29) is 5.91 Å². The zero-order chi connectivity index (χ0) is 14.5. The third-order valence-corrected chi connectivity index (χ3v) is 3.07. The van der Waals surface area contributed by atoms with Crippen molar-refractivity contribution in [1.82, 2.24) is 9.88 Å². The van der Waals surface area contributed by atoms with Gasteiger partial charge in [-0.2, -0.15) is 5.26 Å². The number of nitriles is 1. The van der Waals surface area contributed by atoms with E-state index in [0.717, 1.165) is 17.7 Å². The molecule has 0 fully saturated rings. The molecule has 0 aliphatic rings. The molecule has 2 rings (SSSR count). The second kappa shape index (κ2) is 6.07. The summed E-state index contributed by atoms with van der Waals surface area (Å²) in [5, 5.41) is 12.0. The molecule has 0 atom stereocenters. The van der Waals surface area contributed by atoms with E-state index in [1.54, 1.807) is 16.8 Å². The number of hydrogen-bond donors (Lipinski definition) is 1. The SMILES string of the molecule is CCCNC(=O)c1c(C#N)ccn1-c1ccc(C)cc1. The van der Waals surface area contributed by atoms with Crippen molar-refractivity contribution in [2.24, 2.45) is 0 Å². The van der Waals surface area contributed by atoms with Gasteiger partial charge in [0.15, 0.2) is 0 Å². The van der Waals surface area contributed by atoms with Gasteiger partial charge in [0.2, 0.25) is 0 Å². The van der Waals surface area contributed by atoms with Gasteiger partial charge in [0.25, 0.3) is 5.91 Å². The fourth-order valence-electron chi connectivity index (χ4n) is 2.00. The Morgan fingerprint density at radius 3 is 2.60 bits per heavy atom. The summed E-state index contributed by atoms with van der Waals surface area (Å²) in [6, 6.07) is 11.6. The number of carbonyl (C=O) groups is 1. The van der Waals surface area contributed by atoms with Gasteiger partial charge in [0.1, 0.15) is 11.8 Å². The molecule has 0 radical (unpaired) electrons. The molecule has 0 saturated heterocycles. The molecule has 20 heavy (non-hydrogen) atoms. The highest BCUT2D eigenvalue weighted by atomic mass is 16.1. The summed E-state index contributed by atoms with van der Waals surface area (Å²) >= 11 is 0. The van der Waals surface area contributed by atoms with Crippen molar-refractivity contribution in [1.29, 1.82) is 5.26 Å². The summed E-state index contributed by atoms with van der Waals surface area (Å²) in [5.74, 6) is -0.214. The molecule has 1 heterocycles. The number of nitrogens with zero attached hydrogens (tertiary/aromatic N) is 2. The lowest BCUT2D eigenvalue weighted by Gasteiger charge is -2.10. The highest BCUT2D eigenvalue weighted by molar-refractivity contribution is 5.95. The average molecular weight is 267 g/mol. The Kier molecular flexibility index (Phi) is 4.21. The number of carbonyl (C=O) groups excluding carboxylic acids is 1. The van der Waals surface area contributed by atoms with Gasteiger partial charge in [-0.1, -0.05) is 24.6 Å². The zero-order valence-electron chi connectivity index (χ0n) is 11.7. The van der Waals surface area contributed by atoms with Crippen molar-refractivity contribution in [3.8, 4) is 11.8 Å². The van der Waals surface area contributed by atoms with Gasteiger partial charge in [-0.3, -0.25) is 4.79 Å². The Hall–Kier alpha value is -2.54. The van der Waals surface area contributed by atoms with Crippen molar-refractivity contribution >= 4 is 5.91 Å². The van der Waals surface area contributed by atoms with Crippen LogP contribution in [0.4, 0.5) is 0 Å². The predicted octanol–water partition coefficient (Wildman–Crippen LogP) is 2.80. The van der Waals surface area contributed by atoms with E-state index in [1.165, 1.54) is 0 Å². The summed E-state index contributed by atoms with van der Waals surface area (Å²) in [7, 11) is 0. The monoisotopic (exact) mass is 267 g/mol. The Morgan fingerprint density at radius 1 is 1.30 bits per heavy atom. The van der Waals surface area contributed by atoms with Crippen LogP contribution in [0.2, 0.25) is 0 Å². The summed E-state index contributed by atoms with van der Waals surface area (Å²) < 4.78 is 1.75. The molecule has 1 amide bonds. The van der Waals surface area contributed by atoms with E-state index >= 15 is 0 Å². The van der Waals surface area contributed by atoms with Gasteiger partial charge in [0.05, 0.1) is 5.56 Å². The van der Waals surface area contributed by atoms with Crippen molar-refractivity contribution in [2.75, 3.05) is 6.54 Å². The molecule has 1 aromatic carbocycles. The number of nitrogens with one attached hydrogen (secondary N) is 1. The van der Waals surface area contributed by atoms with Crippen molar-refractivity contribution in [2.45, 2.75) is 20.3 Å². The minimum atomic E-state index is -0.214. The Bertz CT molecular complexity index is 647. The number of rotatable bonds is 4. The number of hydrogen-bond acceptors (Lipinski definition) is 2. The van der Waals surface area contributed by atoms with Crippen LogP contribution in [0.25, 0.3) is 5.69 Å². The number of aryl methyl sites for hydroxylation is 1.